The number of carbonyl (C=O) groups excluding carboxylic acids is 2. The Morgan fingerprint density at radius 3 is 2.54 bits per heavy atom. The van der Waals surface area contributed by atoms with Crippen LogP contribution in [-0.2, 0) is 28.9 Å². The molecular formula is C32H41N5O2S2. The molecule has 9 heteroatoms. The number of aromatic nitrogens is 2. The van der Waals surface area contributed by atoms with E-state index in [0.717, 1.165) is 67.5 Å². The van der Waals surface area contributed by atoms with E-state index in [1.54, 1.807) is 0 Å². The smallest absolute Gasteiger partial charge is 0.236 e. The van der Waals surface area contributed by atoms with Crippen LogP contribution >= 0.6 is 23.1 Å². The van der Waals surface area contributed by atoms with Crippen molar-refractivity contribution in [2.24, 2.45) is 11.3 Å². The highest BCUT2D eigenvalue weighted by molar-refractivity contribution is 8.00. The molecule has 2 aromatic heterocycles. The van der Waals surface area contributed by atoms with Gasteiger partial charge in [-0.25, -0.2) is 9.97 Å². The number of piperazine rings is 1. The van der Waals surface area contributed by atoms with Gasteiger partial charge in [0, 0.05) is 43.3 Å². The number of amides is 2. The fourth-order valence-corrected chi connectivity index (χ4v) is 8.71. The molecule has 0 N–H and O–H groups in total. The third kappa shape index (κ3) is 5.85. The molecule has 1 aromatic carbocycles. The Bertz CT molecular complexity index is 1450. The van der Waals surface area contributed by atoms with Crippen LogP contribution in [-0.4, -0.2) is 70.9 Å². The van der Waals surface area contributed by atoms with Gasteiger partial charge in [-0.3, -0.25) is 9.59 Å². The molecule has 0 bridgehead atoms. The third-order valence-corrected chi connectivity index (χ3v) is 11.1. The van der Waals surface area contributed by atoms with E-state index in [2.05, 4.69) is 31.7 Å². The maximum absolute atomic E-state index is 13.1. The average Bonchev–Trinajstić information content (AvgIpc) is 3.33. The zero-order chi connectivity index (χ0) is 28.7. The first-order valence-corrected chi connectivity index (χ1v) is 16.9. The number of hydrogen-bond donors (Lipinski definition) is 0. The summed E-state index contributed by atoms with van der Waals surface area (Å²) in [5.41, 5.74) is 4.03. The van der Waals surface area contributed by atoms with Gasteiger partial charge in [-0.05, 0) is 67.6 Å². The maximum atomic E-state index is 13.1. The average molecular weight is 592 g/mol. The normalized spacial score (nSPS) is 19.3. The van der Waals surface area contributed by atoms with Crippen molar-refractivity contribution in [3.8, 4) is 0 Å². The molecular weight excluding hydrogens is 551 g/mol. The van der Waals surface area contributed by atoms with Crippen molar-refractivity contribution >= 4 is 56.6 Å². The lowest BCUT2D eigenvalue weighted by molar-refractivity contribution is -0.128. The van der Waals surface area contributed by atoms with Gasteiger partial charge >= 0.3 is 0 Å². The molecule has 3 aliphatic rings. The van der Waals surface area contributed by atoms with Gasteiger partial charge in [-0.2, -0.15) is 0 Å². The highest BCUT2D eigenvalue weighted by atomic mass is 32.2. The van der Waals surface area contributed by atoms with Gasteiger partial charge in [-0.1, -0.05) is 39.0 Å². The molecule has 2 aliphatic heterocycles. The van der Waals surface area contributed by atoms with Crippen LogP contribution in [0.5, 0.6) is 0 Å². The standard InChI is InChI=1S/C32H41N5O2S2/c1-21-33-30(29-24-12-11-23(32(2,3)4)18-26(24)41-31(29)34-21)36-16-14-35(15-17-36)27(38)19-40-20-28(39)37-13-7-9-22-8-5-6-10-25(22)37/h5-6,8,10,23H,7,9,11-20H2,1-4H3/t23-/m1/s1. The SMILES string of the molecule is Cc1nc(N2CCN(C(=O)CSCC(=O)N3CCCc4ccccc43)CC2)c2c3c(sc2n1)C[C@H](C(C)(C)C)CC3. The summed E-state index contributed by atoms with van der Waals surface area (Å²) in [6.07, 6.45) is 5.44. The number of aryl methyl sites for hydroxylation is 3. The molecule has 7 nitrogen and oxygen atoms in total. The van der Waals surface area contributed by atoms with Crippen molar-refractivity contribution in [3.63, 3.8) is 0 Å². The Balaban J connectivity index is 1.06. The maximum Gasteiger partial charge on any atom is 0.236 e. The second kappa shape index (κ2) is 11.6. The molecule has 1 fully saturated rings. The first kappa shape index (κ1) is 28.5. The van der Waals surface area contributed by atoms with Crippen LogP contribution in [0.2, 0.25) is 0 Å². The molecule has 2 amide bonds. The van der Waals surface area contributed by atoms with E-state index in [-0.39, 0.29) is 11.8 Å². The quantitative estimate of drug-likeness (QED) is 0.390. The second-order valence-electron chi connectivity index (χ2n) is 12.7. The summed E-state index contributed by atoms with van der Waals surface area (Å²) in [6.45, 7) is 12.7. The molecule has 0 unspecified atom stereocenters. The monoisotopic (exact) mass is 591 g/mol. The zero-order valence-electron chi connectivity index (χ0n) is 24.7. The molecule has 0 saturated carbocycles. The summed E-state index contributed by atoms with van der Waals surface area (Å²) in [5, 5.41) is 1.25. The lowest BCUT2D eigenvalue weighted by Gasteiger charge is -2.36. The van der Waals surface area contributed by atoms with E-state index in [0.29, 0.717) is 35.9 Å². The molecule has 3 aromatic rings. The summed E-state index contributed by atoms with van der Waals surface area (Å²) >= 11 is 3.29. The van der Waals surface area contributed by atoms with Crippen molar-refractivity contribution < 1.29 is 9.59 Å². The predicted molar refractivity (Wildman–Crippen MR) is 170 cm³/mol. The lowest BCUT2D eigenvalue weighted by Crippen LogP contribution is -2.49. The summed E-state index contributed by atoms with van der Waals surface area (Å²) in [4.78, 5) is 44.6. The minimum atomic E-state index is 0.0934. The van der Waals surface area contributed by atoms with Gasteiger partial charge in [-0.15, -0.1) is 23.1 Å². The molecule has 41 heavy (non-hydrogen) atoms. The highest BCUT2D eigenvalue weighted by Crippen LogP contribution is 2.45. The van der Waals surface area contributed by atoms with Crippen molar-refractivity contribution in [3.05, 3.63) is 46.1 Å². The molecule has 0 radical (unpaired) electrons. The Morgan fingerprint density at radius 2 is 1.76 bits per heavy atom. The number of fused-ring (bicyclic) bond motifs is 4. The van der Waals surface area contributed by atoms with Gasteiger partial charge in [0.2, 0.25) is 11.8 Å². The lowest BCUT2D eigenvalue weighted by atomic mass is 9.72. The number of anilines is 2. The first-order valence-electron chi connectivity index (χ1n) is 15.0. The number of para-hydroxylation sites is 1. The Morgan fingerprint density at radius 1 is 1.00 bits per heavy atom. The minimum absolute atomic E-state index is 0.0934. The zero-order valence-corrected chi connectivity index (χ0v) is 26.4. The molecule has 6 rings (SSSR count). The van der Waals surface area contributed by atoms with Crippen molar-refractivity contribution in [2.45, 2.75) is 59.8 Å². The molecule has 1 aliphatic carbocycles. The fourth-order valence-electron chi connectivity index (χ4n) is 6.59. The van der Waals surface area contributed by atoms with Crippen molar-refractivity contribution in [1.82, 2.24) is 14.9 Å². The van der Waals surface area contributed by atoms with E-state index in [4.69, 9.17) is 9.97 Å². The number of nitrogens with zero attached hydrogens (tertiary/aromatic N) is 5. The summed E-state index contributed by atoms with van der Waals surface area (Å²) in [7, 11) is 0. The van der Waals surface area contributed by atoms with Gasteiger partial charge in [0.25, 0.3) is 0 Å². The van der Waals surface area contributed by atoms with Crippen LogP contribution in [0.4, 0.5) is 11.5 Å². The van der Waals surface area contributed by atoms with Crippen LogP contribution < -0.4 is 9.80 Å². The van der Waals surface area contributed by atoms with Crippen LogP contribution in [0.3, 0.4) is 0 Å². The van der Waals surface area contributed by atoms with Crippen LogP contribution in [0.1, 0.15) is 55.4 Å². The largest absolute Gasteiger partial charge is 0.352 e. The number of thiophene rings is 1. The number of carbonyl (C=O) groups is 2. The van der Waals surface area contributed by atoms with Crippen LogP contribution in [0, 0.1) is 18.3 Å². The van der Waals surface area contributed by atoms with Gasteiger partial charge in [0.05, 0.1) is 16.9 Å². The van der Waals surface area contributed by atoms with E-state index in [9.17, 15) is 9.59 Å². The van der Waals surface area contributed by atoms with Crippen LogP contribution in [0.15, 0.2) is 24.3 Å². The van der Waals surface area contributed by atoms with E-state index >= 15 is 0 Å². The summed E-state index contributed by atoms with van der Waals surface area (Å²) in [6, 6.07) is 8.16. The first-order chi connectivity index (χ1) is 19.7. The van der Waals surface area contributed by atoms with E-state index < -0.39 is 0 Å². The van der Waals surface area contributed by atoms with E-state index in [1.807, 2.05) is 46.3 Å². The molecule has 4 heterocycles. The number of rotatable bonds is 5. The third-order valence-electron chi connectivity index (χ3n) is 9.02. The van der Waals surface area contributed by atoms with Crippen LogP contribution in [0.25, 0.3) is 10.2 Å². The summed E-state index contributed by atoms with van der Waals surface area (Å²) in [5.74, 6) is 3.44. The minimum Gasteiger partial charge on any atom is -0.352 e. The number of benzene rings is 1. The Hall–Kier alpha value is -2.65. The molecule has 218 valence electrons. The second-order valence-corrected chi connectivity index (χ2v) is 14.8. The molecule has 0 spiro atoms. The molecule has 1 atom stereocenters. The van der Waals surface area contributed by atoms with Gasteiger partial charge < -0.3 is 14.7 Å². The predicted octanol–water partition coefficient (Wildman–Crippen LogP) is 5.51. The molecule has 1 saturated heterocycles. The van der Waals surface area contributed by atoms with E-state index in [1.165, 1.54) is 39.6 Å². The van der Waals surface area contributed by atoms with Gasteiger partial charge in [0.15, 0.2) is 0 Å². The number of thioether (sulfide) groups is 1. The van der Waals surface area contributed by atoms with Crippen molar-refractivity contribution in [2.75, 3.05) is 54.0 Å². The highest BCUT2D eigenvalue weighted by Gasteiger charge is 2.33. The summed E-state index contributed by atoms with van der Waals surface area (Å²) < 4.78 is 0. The topological polar surface area (TPSA) is 69.6 Å². The van der Waals surface area contributed by atoms with Crippen molar-refractivity contribution in [1.29, 1.82) is 0 Å². The number of hydrogen-bond acceptors (Lipinski definition) is 7. The Kier molecular flexibility index (Phi) is 8.02. The Labute approximate surface area is 251 Å². The fraction of sp³-hybridized carbons (Fsp3) is 0.562. The van der Waals surface area contributed by atoms with Gasteiger partial charge in [0.1, 0.15) is 16.5 Å².